The van der Waals surface area contributed by atoms with Crippen LogP contribution >= 0.6 is 15.9 Å². The van der Waals surface area contributed by atoms with Crippen molar-refractivity contribution < 1.29 is 32.7 Å². The lowest BCUT2D eigenvalue weighted by molar-refractivity contribution is -0.138. The lowest BCUT2D eigenvalue weighted by Gasteiger charge is -2.28. The first-order valence-electron chi connectivity index (χ1n) is 13.2. The first-order valence-corrected chi connectivity index (χ1v) is 15.9. The molecular weight excluding hydrogens is 626 g/mol. The maximum atomic E-state index is 14.0. The third-order valence-corrected chi connectivity index (χ3v) is 9.15. The number of carbonyl (C=O) groups is 4. The van der Waals surface area contributed by atoms with Crippen LogP contribution in [-0.4, -0.2) is 84.3 Å². The van der Waals surface area contributed by atoms with Crippen LogP contribution in [0.15, 0.2) is 82.2 Å². The van der Waals surface area contributed by atoms with Crippen LogP contribution in [0.2, 0.25) is 0 Å². The van der Waals surface area contributed by atoms with Gasteiger partial charge in [-0.05, 0) is 60.5 Å². The molecule has 2 saturated heterocycles. The Kier molecular flexibility index (Phi) is 8.20. The molecule has 2 heterocycles. The molecule has 42 heavy (non-hydrogen) atoms. The SMILES string of the molecule is CS(=O)(=O)c1cccc(C(=O)N2CC(=O)C3C2CCN3C(=O)[C@H](Cc2ccc(O)cc2)NC(=O)c2cccc(Br)c2)c1. The minimum atomic E-state index is -3.54. The van der Waals surface area contributed by atoms with E-state index < -0.39 is 45.7 Å². The van der Waals surface area contributed by atoms with Crippen LogP contribution < -0.4 is 5.32 Å². The Morgan fingerprint density at radius 3 is 2.38 bits per heavy atom. The van der Waals surface area contributed by atoms with Gasteiger partial charge in [0.05, 0.1) is 17.5 Å². The Labute approximate surface area is 251 Å². The number of nitrogens with zero attached hydrogens (tertiary/aromatic N) is 2. The van der Waals surface area contributed by atoms with Gasteiger partial charge in [0.15, 0.2) is 15.6 Å². The van der Waals surface area contributed by atoms with Gasteiger partial charge in [-0.25, -0.2) is 8.42 Å². The van der Waals surface area contributed by atoms with Crippen LogP contribution in [0.1, 0.15) is 32.7 Å². The molecule has 218 valence electrons. The van der Waals surface area contributed by atoms with E-state index in [2.05, 4.69) is 21.2 Å². The van der Waals surface area contributed by atoms with E-state index in [1.165, 1.54) is 46.2 Å². The number of halogens is 1. The maximum Gasteiger partial charge on any atom is 0.254 e. The molecule has 2 unspecified atom stereocenters. The average Bonchev–Trinajstić information content (AvgIpc) is 3.54. The molecule has 0 bridgehead atoms. The van der Waals surface area contributed by atoms with Gasteiger partial charge < -0.3 is 20.2 Å². The van der Waals surface area contributed by atoms with Crippen molar-refractivity contribution in [2.75, 3.05) is 19.3 Å². The van der Waals surface area contributed by atoms with Crippen molar-refractivity contribution in [3.63, 3.8) is 0 Å². The van der Waals surface area contributed by atoms with Crippen molar-refractivity contribution in [1.29, 1.82) is 0 Å². The third-order valence-electron chi connectivity index (χ3n) is 7.54. The number of sulfone groups is 1. The van der Waals surface area contributed by atoms with E-state index in [0.29, 0.717) is 22.0 Å². The smallest absolute Gasteiger partial charge is 0.254 e. The number of rotatable bonds is 7. The first-order chi connectivity index (χ1) is 19.9. The molecule has 3 aromatic carbocycles. The van der Waals surface area contributed by atoms with Crippen molar-refractivity contribution in [2.24, 2.45) is 0 Å². The summed E-state index contributed by atoms with van der Waals surface area (Å²) >= 11 is 3.35. The predicted octanol–water partition coefficient (Wildman–Crippen LogP) is 2.59. The molecule has 3 amide bonds. The highest BCUT2D eigenvalue weighted by molar-refractivity contribution is 9.10. The highest BCUT2D eigenvalue weighted by atomic mass is 79.9. The van der Waals surface area contributed by atoms with Crippen LogP contribution in [0.5, 0.6) is 5.75 Å². The van der Waals surface area contributed by atoms with Crippen molar-refractivity contribution in [2.45, 2.75) is 35.9 Å². The number of hydrogen-bond donors (Lipinski definition) is 2. The number of Topliss-reactive ketones (excluding diaryl/α,β-unsaturated/α-hetero) is 1. The Balaban J connectivity index is 1.39. The van der Waals surface area contributed by atoms with E-state index in [1.54, 1.807) is 36.4 Å². The molecule has 0 spiro atoms. The Hall–Kier alpha value is -4.03. The second kappa shape index (κ2) is 11.7. The van der Waals surface area contributed by atoms with Crippen LogP contribution in [0.3, 0.4) is 0 Å². The van der Waals surface area contributed by atoms with Crippen LogP contribution in [0.4, 0.5) is 0 Å². The molecule has 5 rings (SSSR count). The maximum absolute atomic E-state index is 14.0. The largest absolute Gasteiger partial charge is 0.508 e. The quantitative estimate of drug-likeness (QED) is 0.399. The van der Waals surface area contributed by atoms with E-state index in [0.717, 1.165) is 6.26 Å². The minimum absolute atomic E-state index is 0.00286. The Morgan fingerprint density at radius 1 is 1.00 bits per heavy atom. The number of hydrogen-bond acceptors (Lipinski definition) is 7. The molecule has 2 aliphatic heterocycles. The van der Waals surface area contributed by atoms with E-state index in [9.17, 15) is 32.7 Å². The number of benzene rings is 3. The molecule has 0 radical (unpaired) electrons. The zero-order valence-corrected chi connectivity index (χ0v) is 25.0. The summed E-state index contributed by atoms with van der Waals surface area (Å²) in [6.07, 6.45) is 1.52. The van der Waals surface area contributed by atoms with Gasteiger partial charge in [0.25, 0.3) is 11.8 Å². The molecule has 0 aliphatic carbocycles. The Morgan fingerprint density at radius 2 is 1.69 bits per heavy atom. The lowest BCUT2D eigenvalue weighted by atomic mass is 10.0. The number of likely N-dealkylation sites (tertiary alicyclic amines) is 2. The van der Waals surface area contributed by atoms with Gasteiger partial charge in [-0.15, -0.1) is 0 Å². The van der Waals surface area contributed by atoms with E-state index in [4.69, 9.17) is 0 Å². The Bertz CT molecular complexity index is 1680. The summed E-state index contributed by atoms with van der Waals surface area (Å²) in [4.78, 5) is 56.6. The summed E-state index contributed by atoms with van der Waals surface area (Å²) in [6, 6.07) is 16.2. The highest BCUT2D eigenvalue weighted by Gasteiger charge is 2.52. The normalized spacial score (nSPS) is 19.0. The molecule has 12 heteroatoms. The molecule has 2 aliphatic rings. The van der Waals surface area contributed by atoms with Gasteiger partial charge in [-0.3, -0.25) is 19.2 Å². The molecular formula is C30H28BrN3O7S. The number of nitrogens with one attached hydrogen (secondary N) is 1. The minimum Gasteiger partial charge on any atom is -0.508 e. The molecule has 2 fully saturated rings. The van der Waals surface area contributed by atoms with Crippen molar-refractivity contribution in [1.82, 2.24) is 15.1 Å². The summed E-state index contributed by atoms with van der Waals surface area (Å²) < 4.78 is 24.7. The van der Waals surface area contributed by atoms with Crippen molar-refractivity contribution >= 4 is 49.3 Å². The second-order valence-corrected chi connectivity index (χ2v) is 13.4. The number of aromatic hydroxyl groups is 1. The van der Waals surface area contributed by atoms with Crippen molar-refractivity contribution in [3.8, 4) is 5.75 Å². The van der Waals surface area contributed by atoms with Crippen LogP contribution in [-0.2, 0) is 25.8 Å². The van der Waals surface area contributed by atoms with Crippen LogP contribution in [0, 0.1) is 0 Å². The van der Waals surface area contributed by atoms with E-state index in [-0.39, 0.29) is 41.5 Å². The molecule has 3 aromatic rings. The summed E-state index contributed by atoms with van der Waals surface area (Å²) in [5.74, 6) is -1.66. The van der Waals surface area contributed by atoms with Gasteiger partial charge in [0, 0.05) is 34.8 Å². The number of carbonyl (C=O) groups excluding carboxylic acids is 4. The fraction of sp³-hybridized carbons (Fsp3) is 0.267. The fourth-order valence-electron chi connectivity index (χ4n) is 5.50. The van der Waals surface area contributed by atoms with Crippen LogP contribution in [0.25, 0.3) is 0 Å². The van der Waals surface area contributed by atoms with E-state index >= 15 is 0 Å². The molecule has 3 atom stereocenters. The summed E-state index contributed by atoms with van der Waals surface area (Å²) in [7, 11) is -3.54. The number of phenolic OH excluding ortho intramolecular Hbond substituents is 1. The summed E-state index contributed by atoms with van der Waals surface area (Å²) in [5.41, 5.74) is 1.18. The number of fused-ring (bicyclic) bond motifs is 1. The van der Waals surface area contributed by atoms with Gasteiger partial charge in [0.2, 0.25) is 5.91 Å². The van der Waals surface area contributed by atoms with Gasteiger partial charge in [0.1, 0.15) is 17.8 Å². The zero-order valence-electron chi connectivity index (χ0n) is 22.6. The van der Waals surface area contributed by atoms with Gasteiger partial charge in [-0.1, -0.05) is 40.2 Å². The first kappa shape index (κ1) is 29.5. The predicted molar refractivity (Wildman–Crippen MR) is 157 cm³/mol. The third kappa shape index (κ3) is 6.09. The summed E-state index contributed by atoms with van der Waals surface area (Å²) in [5, 5.41) is 12.5. The number of amides is 3. The number of phenols is 1. The lowest BCUT2D eigenvalue weighted by Crippen LogP contribution is -2.53. The van der Waals surface area contributed by atoms with Gasteiger partial charge in [-0.2, -0.15) is 0 Å². The molecule has 10 nitrogen and oxygen atoms in total. The van der Waals surface area contributed by atoms with E-state index in [1.807, 2.05) is 0 Å². The standard InChI is InChI=1S/C30H28BrN3O7S/c1-42(40,41)23-7-3-5-20(16-23)29(38)34-17-26(36)27-25(34)12-13-33(27)30(39)24(14-18-8-10-22(35)11-9-18)32-28(37)19-4-2-6-21(31)15-19/h2-11,15-16,24-25,27,35H,12-14,17H2,1H3,(H,32,37)/t24-,25?,27?/m0/s1. The van der Waals surface area contributed by atoms with Crippen molar-refractivity contribution in [3.05, 3.63) is 94.0 Å². The highest BCUT2D eigenvalue weighted by Crippen LogP contribution is 2.32. The van der Waals surface area contributed by atoms with Gasteiger partial charge >= 0.3 is 0 Å². The summed E-state index contributed by atoms with van der Waals surface area (Å²) in [6.45, 7) is -0.0139. The average molecular weight is 655 g/mol. The second-order valence-electron chi connectivity index (χ2n) is 10.4. The zero-order chi connectivity index (χ0) is 30.2. The molecule has 2 N–H and O–H groups in total. The number of ketones is 1. The topological polar surface area (TPSA) is 141 Å². The molecule has 0 aromatic heterocycles. The fourth-order valence-corrected chi connectivity index (χ4v) is 6.57. The molecule has 0 saturated carbocycles. The monoisotopic (exact) mass is 653 g/mol.